The van der Waals surface area contributed by atoms with Crippen LogP contribution in [0.25, 0.3) is 0 Å². The lowest BCUT2D eigenvalue weighted by Gasteiger charge is -2.35. The molecule has 2 N–H and O–H groups in total. The number of piperidine rings is 1. The number of hydrogen-bond acceptors (Lipinski definition) is 3. The number of hydrogen-bond donors (Lipinski definition) is 2. The number of nitrogens with one attached hydrogen (secondary N) is 1. The van der Waals surface area contributed by atoms with E-state index < -0.39 is 0 Å². The first-order valence-corrected chi connectivity index (χ1v) is 5.86. The third-order valence-electron chi connectivity index (χ3n) is 3.64. The van der Waals surface area contributed by atoms with E-state index in [9.17, 15) is 9.90 Å². The van der Waals surface area contributed by atoms with E-state index in [1.54, 1.807) is 0 Å². The number of aliphatic hydroxyl groups is 1. The average Bonchev–Trinajstić information content (AvgIpc) is 2.74. The molecule has 3 atom stereocenters. The van der Waals surface area contributed by atoms with Gasteiger partial charge in [-0.1, -0.05) is 6.92 Å². The van der Waals surface area contributed by atoms with Gasteiger partial charge in [0, 0.05) is 19.6 Å². The van der Waals surface area contributed by atoms with Crippen LogP contribution in [0.2, 0.25) is 0 Å². The second-order valence-corrected chi connectivity index (χ2v) is 4.81. The average molecular weight is 212 g/mol. The third kappa shape index (κ3) is 2.32. The van der Waals surface area contributed by atoms with Crippen LogP contribution in [0.3, 0.4) is 0 Å². The van der Waals surface area contributed by atoms with Crippen LogP contribution in [0.4, 0.5) is 0 Å². The zero-order valence-corrected chi connectivity index (χ0v) is 9.28. The van der Waals surface area contributed by atoms with Gasteiger partial charge in [0.2, 0.25) is 5.91 Å². The molecule has 0 aromatic rings. The minimum atomic E-state index is -0.336. The van der Waals surface area contributed by atoms with Crippen molar-refractivity contribution >= 4 is 5.91 Å². The largest absolute Gasteiger partial charge is 0.391 e. The summed E-state index contributed by atoms with van der Waals surface area (Å²) in [4.78, 5) is 13.9. The fourth-order valence-corrected chi connectivity index (χ4v) is 2.37. The molecular weight excluding hydrogens is 192 g/mol. The number of carbonyl (C=O) groups is 1. The molecule has 0 bridgehead atoms. The molecule has 3 unspecified atom stereocenters. The van der Waals surface area contributed by atoms with Crippen LogP contribution in [0, 0.1) is 11.8 Å². The Morgan fingerprint density at radius 1 is 1.47 bits per heavy atom. The Hall–Kier alpha value is -0.610. The van der Waals surface area contributed by atoms with Gasteiger partial charge >= 0.3 is 0 Å². The molecule has 2 rings (SSSR count). The van der Waals surface area contributed by atoms with E-state index in [2.05, 4.69) is 5.32 Å². The van der Waals surface area contributed by atoms with Crippen LogP contribution in [0.5, 0.6) is 0 Å². The molecule has 2 heterocycles. The molecule has 15 heavy (non-hydrogen) atoms. The predicted octanol–water partition coefficient (Wildman–Crippen LogP) is -0.175. The number of nitrogens with zero attached hydrogens (tertiary/aromatic N) is 1. The monoisotopic (exact) mass is 212 g/mol. The lowest BCUT2D eigenvalue weighted by Crippen LogP contribution is -2.48. The fourth-order valence-electron chi connectivity index (χ4n) is 2.37. The first-order chi connectivity index (χ1) is 7.18. The Morgan fingerprint density at radius 2 is 2.27 bits per heavy atom. The summed E-state index contributed by atoms with van der Waals surface area (Å²) < 4.78 is 0. The number of β-amino-alcohol motifs (C(OH)–C–C–N with tert-alkyl or cyclic N) is 1. The summed E-state index contributed by atoms with van der Waals surface area (Å²) in [6, 6.07) is 0. The van der Waals surface area contributed by atoms with Gasteiger partial charge in [-0.25, -0.2) is 0 Å². The number of amides is 1. The van der Waals surface area contributed by atoms with E-state index in [1.165, 1.54) is 0 Å². The maximum atomic E-state index is 12.0. The number of carbonyl (C=O) groups excluding carboxylic acids is 1. The fraction of sp³-hybridized carbons (Fsp3) is 0.909. The number of likely N-dealkylation sites (tertiary alicyclic amines) is 1. The number of rotatable bonds is 1. The quantitative estimate of drug-likeness (QED) is 0.634. The standard InChI is InChI=1S/C11H20N2O2/c1-8-3-5-13(7-10(8)14)11(15)9-2-4-12-6-9/h8-10,12,14H,2-7H2,1H3. The summed E-state index contributed by atoms with van der Waals surface area (Å²) in [5.74, 6) is 0.701. The highest BCUT2D eigenvalue weighted by Crippen LogP contribution is 2.20. The molecule has 0 aromatic carbocycles. The van der Waals surface area contributed by atoms with E-state index in [4.69, 9.17) is 0 Å². The van der Waals surface area contributed by atoms with Crippen molar-refractivity contribution in [2.24, 2.45) is 11.8 Å². The van der Waals surface area contributed by atoms with E-state index in [0.717, 1.165) is 32.5 Å². The molecule has 2 saturated heterocycles. The first-order valence-electron chi connectivity index (χ1n) is 5.86. The zero-order valence-electron chi connectivity index (χ0n) is 9.28. The van der Waals surface area contributed by atoms with Gasteiger partial charge < -0.3 is 15.3 Å². The molecule has 86 valence electrons. The second kappa shape index (κ2) is 4.49. The van der Waals surface area contributed by atoms with Gasteiger partial charge in [-0.2, -0.15) is 0 Å². The molecule has 2 aliphatic rings. The summed E-state index contributed by atoms with van der Waals surface area (Å²) in [6.07, 6.45) is 1.53. The van der Waals surface area contributed by atoms with Gasteiger partial charge in [0.15, 0.2) is 0 Å². The minimum Gasteiger partial charge on any atom is -0.391 e. The Labute approximate surface area is 90.6 Å². The Balaban J connectivity index is 1.90. The predicted molar refractivity (Wildman–Crippen MR) is 57.3 cm³/mol. The molecule has 0 saturated carbocycles. The summed E-state index contributed by atoms with van der Waals surface area (Å²) in [5, 5.41) is 12.9. The van der Waals surface area contributed by atoms with E-state index in [-0.39, 0.29) is 17.9 Å². The molecule has 0 aromatic heterocycles. The molecule has 2 fully saturated rings. The van der Waals surface area contributed by atoms with Crippen molar-refractivity contribution < 1.29 is 9.90 Å². The summed E-state index contributed by atoms with van der Waals surface area (Å²) in [5.41, 5.74) is 0. The Bertz CT molecular complexity index is 239. The van der Waals surface area contributed by atoms with Gasteiger partial charge in [0.1, 0.15) is 0 Å². The SMILES string of the molecule is CC1CCN(C(=O)C2CCNC2)CC1O. The highest BCUT2D eigenvalue weighted by Gasteiger charge is 2.32. The van der Waals surface area contributed by atoms with Gasteiger partial charge in [0.25, 0.3) is 0 Å². The first kappa shape index (κ1) is 10.9. The smallest absolute Gasteiger partial charge is 0.227 e. The normalized spacial score (nSPS) is 36.9. The van der Waals surface area contributed by atoms with Crippen LogP contribution in [0.1, 0.15) is 19.8 Å². The van der Waals surface area contributed by atoms with Crippen molar-refractivity contribution in [2.75, 3.05) is 26.2 Å². The van der Waals surface area contributed by atoms with Crippen molar-refractivity contribution in [3.63, 3.8) is 0 Å². The van der Waals surface area contributed by atoms with E-state index >= 15 is 0 Å². The molecule has 0 aliphatic carbocycles. The minimum absolute atomic E-state index is 0.144. The Kier molecular flexibility index (Phi) is 3.26. The third-order valence-corrected chi connectivity index (χ3v) is 3.64. The Morgan fingerprint density at radius 3 is 2.87 bits per heavy atom. The van der Waals surface area contributed by atoms with Crippen LogP contribution in [0.15, 0.2) is 0 Å². The maximum absolute atomic E-state index is 12.0. The van der Waals surface area contributed by atoms with Crippen molar-refractivity contribution in [2.45, 2.75) is 25.9 Å². The van der Waals surface area contributed by atoms with Crippen LogP contribution >= 0.6 is 0 Å². The van der Waals surface area contributed by atoms with Crippen LogP contribution < -0.4 is 5.32 Å². The molecule has 0 spiro atoms. The van der Waals surface area contributed by atoms with E-state index in [0.29, 0.717) is 12.5 Å². The highest BCUT2D eigenvalue weighted by atomic mass is 16.3. The van der Waals surface area contributed by atoms with Gasteiger partial charge in [0.05, 0.1) is 12.0 Å². The zero-order chi connectivity index (χ0) is 10.8. The van der Waals surface area contributed by atoms with Gasteiger partial charge in [-0.05, 0) is 25.3 Å². The van der Waals surface area contributed by atoms with Crippen LogP contribution in [-0.4, -0.2) is 48.2 Å². The molecule has 1 amide bonds. The van der Waals surface area contributed by atoms with Gasteiger partial charge in [-0.15, -0.1) is 0 Å². The molecule has 2 aliphatic heterocycles. The summed E-state index contributed by atoms with van der Waals surface area (Å²) in [7, 11) is 0. The van der Waals surface area contributed by atoms with Gasteiger partial charge in [-0.3, -0.25) is 4.79 Å². The number of aliphatic hydroxyl groups excluding tert-OH is 1. The summed E-state index contributed by atoms with van der Waals surface area (Å²) >= 11 is 0. The topological polar surface area (TPSA) is 52.6 Å². The van der Waals surface area contributed by atoms with Crippen molar-refractivity contribution in [1.82, 2.24) is 10.2 Å². The molecule has 4 nitrogen and oxygen atoms in total. The highest BCUT2D eigenvalue weighted by molar-refractivity contribution is 5.79. The lowest BCUT2D eigenvalue weighted by molar-refractivity contribution is -0.139. The molecule has 0 radical (unpaired) electrons. The molecular formula is C11H20N2O2. The van der Waals surface area contributed by atoms with Crippen molar-refractivity contribution in [3.05, 3.63) is 0 Å². The second-order valence-electron chi connectivity index (χ2n) is 4.81. The van der Waals surface area contributed by atoms with Crippen LogP contribution in [-0.2, 0) is 4.79 Å². The molecule has 4 heteroatoms. The maximum Gasteiger partial charge on any atom is 0.227 e. The van der Waals surface area contributed by atoms with E-state index in [1.807, 2.05) is 11.8 Å². The summed E-state index contributed by atoms with van der Waals surface area (Å²) in [6.45, 7) is 5.14. The lowest BCUT2D eigenvalue weighted by atomic mass is 9.95. The van der Waals surface area contributed by atoms with Crippen molar-refractivity contribution in [3.8, 4) is 0 Å². The van der Waals surface area contributed by atoms with Crippen molar-refractivity contribution in [1.29, 1.82) is 0 Å².